The highest BCUT2D eigenvalue weighted by atomic mass is 16.3. The van der Waals surface area contributed by atoms with E-state index in [4.69, 9.17) is 10.2 Å². The number of nitrogens with two attached hydrogens (primary N) is 1. The zero-order chi connectivity index (χ0) is 10.6. The molecule has 0 aromatic carbocycles. The summed E-state index contributed by atoms with van der Waals surface area (Å²) in [6.45, 7) is 3.98. The Labute approximate surface area is 83.5 Å². The van der Waals surface area contributed by atoms with Crippen molar-refractivity contribution in [1.82, 2.24) is 5.32 Å². The summed E-state index contributed by atoms with van der Waals surface area (Å²) in [6.07, 6.45) is 2.18. The smallest absolute Gasteiger partial charge is 0.240 e. The van der Waals surface area contributed by atoms with Crippen molar-refractivity contribution in [1.29, 1.82) is 0 Å². The molecule has 1 rings (SSSR count). The van der Waals surface area contributed by atoms with Crippen molar-refractivity contribution < 1.29 is 9.21 Å². The van der Waals surface area contributed by atoms with Gasteiger partial charge in [-0.1, -0.05) is 6.92 Å². The maximum atomic E-state index is 11.5. The Hall–Kier alpha value is -1.29. The number of furan rings is 1. The highest BCUT2D eigenvalue weighted by molar-refractivity contribution is 5.85. The highest BCUT2D eigenvalue weighted by Gasteiger charge is 2.25. The van der Waals surface area contributed by atoms with Crippen LogP contribution in [0.25, 0.3) is 0 Å². The van der Waals surface area contributed by atoms with Gasteiger partial charge < -0.3 is 15.5 Å². The highest BCUT2D eigenvalue weighted by Crippen LogP contribution is 2.05. The summed E-state index contributed by atoms with van der Waals surface area (Å²) in [5.41, 5.74) is 4.96. The molecule has 0 fully saturated rings. The largest absolute Gasteiger partial charge is 0.467 e. The van der Waals surface area contributed by atoms with Crippen LogP contribution in [0.2, 0.25) is 0 Å². The van der Waals surface area contributed by atoms with E-state index in [0.29, 0.717) is 13.0 Å². The molecule has 14 heavy (non-hydrogen) atoms. The first kappa shape index (κ1) is 10.8. The van der Waals surface area contributed by atoms with Crippen LogP contribution in [-0.4, -0.2) is 11.4 Å². The first-order chi connectivity index (χ1) is 6.56. The van der Waals surface area contributed by atoms with E-state index in [-0.39, 0.29) is 5.91 Å². The summed E-state index contributed by atoms with van der Waals surface area (Å²) in [6, 6.07) is 3.59. The van der Waals surface area contributed by atoms with E-state index in [2.05, 4.69) is 5.32 Å². The molecule has 1 heterocycles. The minimum atomic E-state index is -0.799. The SMILES string of the molecule is CCC(C)(N)C(=O)NCc1ccco1. The zero-order valence-corrected chi connectivity index (χ0v) is 8.54. The van der Waals surface area contributed by atoms with Gasteiger partial charge in [-0.25, -0.2) is 0 Å². The predicted octanol–water partition coefficient (Wildman–Crippen LogP) is 1.02. The van der Waals surface area contributed by atoms with Crippen LogP contribution in [0.5, 0.6) is 0 Å². The summed E-state index contributed by atoms with van der Waals surface area (Å²) in [7, 11) is 0. The van der Waals surface area contributed by atoms with E-state index >= 15 is 0 Å². The molecular weight excluding hydrogens is 180 g/mol. The molecule has 0 bridgehead atoms. The van der Waals surface area contributed by atoms with E-state index in [1.807, 2.05) is 6.92 Å². The van der Waals surface area contributed by atoms with Crippen LogP contribution in [0.1, 0.15) is 26.0 Å². The summed E-state index contributed by atoms with van der Waals surface area (Å²) in [4.78, 5) is 11.5. The molecule has 1 aromatic heterocycles. The Bertz CT molecular complexity index is 291. The lowest BCUT2D eigenvalue weighted by Gasteiger charge is -2.20. The monoisotopic (exact) mass is 196 g/mol. The fourth-order valence-corrected chi connectivity index (χ4v) is 0.943. The molecule has 0 saturated carbocycles. The minimum absolute atomic E-state index is 0.156. The summed E-state index contributed by atoms with van der Waals surface area (Å²) in [5.74, 6) is 0.571. The van der Waals surface area contributed by atoms with Crippen molar-refractivity contribution >= 4 is 5.91 Å². The number of amides is 1. The second kappa shape index (κ2) is 4.28. The Morgan fingerprint density at radius 3 is 2.93 bits per heavy atom. The van der Waals surface area contributed by atoms with Crippen LogP contribution in [0.4, 0.5) is 0 Å². The van der Waals surface area contributed by atoms with E-state index in [9.17, 15) is 4.79 Å². The summed E-state index contributed by atoms with van der Waals surface area (Å²) >= 11 is 0. The third kappa shape index (κ3) is 2.60. The predicted molar refractivity (Wildman–Crippen MR) is 53.4 cm³/mol. The van der Waals surface area contributed by atoms with Crippen LogP contribution >= 0.6 is 0 Å². The van der Waals surface area contributed by atoms with Gasteiger partial charge in [0.1, 0.15) is 5.76 Å². The average molecular weight is 196 g/mol. The maximum Gasteiger partial charge on any atom is 0.240 e. The first-order valence-corrected chi connectivity index (χ1v) is 4.66. The number of carbonyl (C=O) groups is 1. The van der Waals surface area contributed by atoms with E-state index in [0.717, 1.165) is 5.76 Å². The normalized spacial score (nSPS) is 14.8. The van der Waals surface area contributed by atoms with Gasteiger partial charge in [0.25, 0.3) is 0 Å². The Kier molecular flexibility index (Phi) is 3.30. The van der Waals surface area contributed by atoms with Crippen molar-refractivity contribution in [2.45, 2.75) is 32.4 Å². The zero-order valence-electron chi connectivity index (χ0n) is 8.54. The molecule has 0 spiro atoms. The molecule has 78 valence electrons. The molecule has 1 amide bonds. The molecule has 1 aromatic rings. The van der Waals surface area contributed by atoms with Crippen LogP contribution in [0.3, 0.4) is 0 Å². The molecule has 4 nitrogen and oxygen atoms in total. The van der Waals surface area contributed by atoms with Crippen molar-refractivity contribution in [2.24, 2.45) is 5.73 Å². The third-order valence-corrected chi connectivity index (χ3v) is 2.26. The van der Waals surface area contributed by atoms with E-state index < -0.39 is 5.54 Å². The van der Waals surface area contributed by atoms with Gasteiger partial charge in [0.05, 0.1) is 18.3 Å². The average Bonchev–Trinajstić information content (AvgIpc) is 2.66. The Morgan fingerprint density at radius 1 is 1.71 bits per heavy atom. The van der Waals surface area contributed by atoms with Crippen molar-refractivity contribution in [3.8, 4) is 0 Å². The maximum absolute atomic E-state index is 11.5. The minimum Gasteiger partial charge on any atom is -0.467 e. The van der Waals surface area contributed by atoms with E-state index in [1.54, 1.807) is 25.3 Å². The number of rotatable bonds is 4. The molecule has 0 radical (unpaired) electrons. The molecule has 0 aliphatic rings. The van der Waals surface area contributed by atoms with Crippen molar-refractivity contribution in [3.05, 3.63) is 24.2 Å². The summed E-state index contributed by atoms with van der Waals surface area (Å²) < 4.78 is 5.07. The fourth-order valence-electron chi connectivity index (χ4n) is 0.943. The topological polar surface area (TPSA) is 68.3 Å². The van der Waals surface area contributed by atoms with Crippen molar-refractivity contribution in [2.75, 3.05) is 0 Å². The molecule has 1 unspecified atom stereocenters. The molecule has 0 aliphatic heterocycles. The van der Waals surface area contributed by atoms with Gasteiger partial charge in [0.15, 0.2) is 0 Å². The second-order valence-corrected chi connectivity index (χ2v) is 3.53. The van der Waals surface area contributed by atoms with E-state index in [1.165, 1.54) is 0 Å². The van der Waals surface area contributed by atoms with Gasteiger partial charge in [-0.05, 0) is 25.5 Å². The molecule has 0 aliphatic carbocycles. The first-order valence-electron chi connectivity index (χ1n) is 4.66. The van der Waals surface area contributed by atoms with Crippen LogP contribution in [-0.2, 0) is 11.3 Å². The standard InChI is InChI=1S/C10H16N2O2/c1-3-10(2,11)9(13)12-7-8-5-4-6-14-8/h4-6H,3,7,11H2,1-2H3,(H,12,13). The molecule has 3 N–H and O–H groups in total. The second-order valence-electron chi connectivity index (χ2n) is 3.53. The van der Waals surface area contributed by atoms with Crippen LogP contribution in [0, 0.1) is 0 Å². The molecule has 0 saturated heterocycles. The quantitative estimate of drug-likeness (QED) is 0.755. The van der Waals surface area contributed by atoms with Crippen LogP contribution < -0.4 is 11.1 Å². The Balaban J connectivity index is 2.43. The van der Waals surface area contributed by atoms with Gasteiger partial charge in [-0.3, -0.25) is 4.79 Å². The van der Waals surface area contributed by atoms with Gasteiger partial charge >= 0.3 is 0 Å². The molecule has 1 atom stereocenters. The Morgan fingerprint density at radius 2 is 2.43 bits per heavy atom. The number of hydrogen-bond donors (Lipinski definition) is 2. The lowest BCUT2D eigenvalue weighted by Crippen LogP contribution is -2.50. The van der Waals surface area contributed by atoms with Crippen molar-refractivity contribution in [3.63, 3.8) is 0 Å². The number of hydrogen-bond acceptors (Lipinski definition) is 3. The molecular formula is C10H16N2O2. The lowest BCUT2D eigenvalue weighted by molar-refractivity contribution is -0.126. The van der Waals surface area contributed by atoms with Gasteiger partial charge in [0, 0.05) is 0 Å². The van der Waals surface area contributed by atoms with Crippen LogP contribution in [0.15, 0.2) is 22.8 Å². The third-order valence-electron chi connectivity index (χ3n) is 2.26. The van der Waals surface area contributed by atoms with Gasteiger partial charge in [0.2, 0.25) is 5.91 Å². The van der Waals surface area contributed by atoms with Gasteiger partial charge in [-0.2, -0.15) is 0 Å². The van der Waals surface area contributed by atoms with Gasteiger partial charge in [-0.15, -0.1) is 0 Å². The number of carbonyl (C=O) groups excluding carboxylic acids is 1. The fraction of sp³-hybridized carbons (Fsp3) is 0.500. The number of nitrogens with one attached hydrogen (secondary N) is 1. The lowest BCUT2D eigenvalue weighted by atomic mass is 10.00. The molecule has 4 heteroatoms. The summed E-state index contributed by atoms with van der Waals surface area (Å²) in [5, 5.41) is 2.72.